The van der Waals surface area contributed by atoms with E-state index in [1.54, 1.807) is 30.3 Å². The summed E-state index contributed by atoms with van der Waals surface area (Å²) in [7, 11) is 0. The third kappa shape index (κ3) is 3.94. The number of phenols is 1. The van der Waals surface area contributed by atoms with Crippen LogP contribution in [0.25, 0.3) is 22.0 Å². The molecule has 3 N–H and O–H groups in total. The first-order valence-electron chi connectivity index (χ1n) is 8.58. The van der Waals surface area contributed by atoms with E-state index in [0.717, 1.165) is 16.3 Å². The number of benzene rings is 3. The van der Waals surface area contributed by atoms with Crippen molar-refractivity contribution in [1.82, 2.24) is 15.6 Å². The molecule has 29 heavy (non-hydrogen) atoms. The Labute approximate surface area is 175 Å². The fraction of sp³-hybridized carbons (Fsp3) is 0. The number of carbonyl (C=O) groups is 1. The van der Waals surface area contributed by atoms with E-state index in [4.69, 9.17) is 23.2 Å². The first-order valence-corrected chi connectivity index (χ1v) is 9.33. The maximum atomic E-state index is 12.3. The van der Waals surface area contributed by atoms with Crippen molar-refractivity contribution in [1.29, 1.82) is 0 Å². The molecule has 0 radical (unpaired) electrons. The second kappa shape index (κ2) is 7.95. The van der Waals surface area contributed by atoms with Crippen LogP contribution in [0, 0.1) is 0 Å². The molecule has 0 unspecified atom stereocenters. The standard InChI is InChI=1S/C21H14Cl2N4O2/c22-16-7-5-13(9-17(16)23)18-10-19(26-25-18)21(29)27-24-11-15-14-4-2-1-3-12(14)6-8-20(15)28/h1-11,28H,(H,25,26)(H,27,29)/b24-11+. The van der Waals surface area contributed by atoms with Crippen LogP contribution in [-0.2, 0) is 0 Å². The molecule has 0 atom stereocenters. The van der Waals surface area contributed by atoms with Crippen LogP contribution in [0.1, 0.15) is 16.1 Å². The lowest BCUT2D eigenvalue weighted by atomic mass is 10.0. The minimum Gasteiger partial charge on any atom is -0.507 e. The Morgan fingerprint density at radius 3 is 2.72 bits per heavy atom. The van der Waals surface area contributed by atoms with E-state index in [-0.39, 0.29) is 11.4 Å². The molecule has 0 aliphatic carbocycles. The van der Waals surface area contributed by atoms with Gasteiger partial charge >= 0.3 is 0 Å². The van der Waals surface area contributed by atoms with Gasteiger partial charge in [0.15, 0.2) is 0 Å². The zero-order valence-electron chi connectivity index (χ0n) is 14.9. The molecule has 1 heterocycles. The van der Waals surface area contributed by atoms with Gasteiger partial charge in [0.1, 0.15) is 11.4 Å². The van der Waals surface area contributed by atoms with Crippen molar-refractivity contribution in [3.63, 3.8) is 0 Å². The molecule has 0 aliphatic rings. The monoisotopic (exact) mass is 424 g/mol. The number of aromatic nitrogens is 2. The van der Waals surface area contributed by atoms with Gasteiger partial charge < -0.3 is 5.11 Å². The first-order chi connectivity index (χ1) is 14.0. The number of fused-ring (bicyclic) bond motifs is 1. The van der Waals surface area contributed by atoms with E-state index in [9.17, 15) is 9.90 Å². The van der Waals surface area contributed by atoms with Crippen LogP contribution in [0.5, 0.6) is 5.75 Å². The Balaban J connectivity index is 1.52. The molecule has 8 heteroatoms. The summed E-state index contributed by atoms with van der Waals surface area (Å²) in [6.07, 6.45) is 1.41. The smallest absolute Gasteiger partial charge is 0.289 e. The second-order valence-corrected chi connectivity index (χ2v) is 7.03. The molecule has 3 aromatic carbocycles. The van der Waals surface area contributed by atoms with Crippen molar-refractivity contribution in [2.45, 2.75) is 0 Å². The summed E-state index contributed by atoms with van der Waals surface area (Å²) in [6.45, 7) is 0. The van der Waals surface area contributed by atoms with Crippen molar-refractivity contribution in [3.8, 4) is 17.0 Å². The Bertz CT molecular complexity index is 1250. The molecule has 6 nitrogen and oxygen atoms in total. The van der Waals surface area contributed by atoms with Crippen LogP contribution in [0.4, 0.5) is 0 Å². The zero-order valence-corrected chi connectivity index (χ0v) is 16.4. The Hall–Kier alpha value is -3.35. The van der Waals surface area contributed by atoms with Crippen LogP contribution < -0.4 is 5.43 Å². The first kappa shape index (κ1) is 19.0. The summed E-state index contributed by atoms with van der Waals surface area (Å²) < 4.78 is 0. The highest BCUT2D eigenvalue weighted by Gasteiger charge is 2.12. The van der Waals surface area contributed by atoms with Crippen molar-refractivity contribution < 1.29 is 9.90 Å². The van der Waals surface area contributed by atoms with E-state index in [1.165, 1.54) is 6.21 Å². The highest BCUT2D eigenvalue weighted by Crippen LogP contribution is 2.28. The van der Waals surface area contributed by atoms with Crippen LogP contribution in [-0.4, -0.2) is 27.4 Å². The minimum atomic E-state index is -0.472. The SMILES string of the molecule is O=C(N/N=C/c1c(O)ccc2ccccc12)c1cc(-c2ccc(Cl)c(Cl)c2)n[nH]1. The molecular weight excluding hydrogens is 411 g/mol. The lowest BCUT2D eigenvalue weighted by Gasteiger charge is -2.04. The summed E-state index contributed by atoms with van der Waals surface area (Å²) in [5.74, 6) is -0.398. The van der Waals surface area contributed by atoms with Crippen LogP contribution in [0.2, 0.25) is 10.0 Å². The van der Waals surface area contributed by atoms with Crippen molar-refractivity contribution >= 4 is 46.1 Å². The molecule has 4 rings (SSSR count). The van der Waals surface area contributed by atoms with Gasteiger partial charge in [-0.3, -0.25) is 9.89 Å². The van der Waals surface area contributed by atoms with Crippen LogP contribution in [0.3, 0.4) is 0 Å². The van der Waals surface area contributed by atoms with E-state index in [2.05, 4.69) is 20.7 Å². The quantitative estimate of drug-likeness (QED) is 0.317. The molecule has 0 saturated heterocycles. The van der Waals surface area contributed by atoms with Gasteiger partial charge in [-0.15, -0.1) is 0 Å². The predicted molar refractivity (Wildman–Crippen MR) is 115 cm³/mol. The van der Waals surface area contributed by atoms with Crippen molar-refractivity contribution in [2.24, 2.45) is 5.10 Å². The lowest BCUT2D eigenvalue weighted by molar-refractivity contribution is 0.0950. The number of hydrogen-bond donors (Lipinski definition) is 3. The fourth-order valence-electron chi connectivity index (χ4n) is 2.88. The van der Waals surface area contributed by atoms with E-state index >= 15 is 0 Å². The molecule has 0 bridgehead atoms. The molecular formula is C21H14Cl2N4O2. The normalized spacial score (nSPS) is 11.2. The van der Waals surface area contributed by atoms with Gasteiger partial charge in [-0.05, 0) is 35.0 Å². The molecule has 0 saturated carbocycles. The van der Waals surface area contributed by atoms with Crippen LogP contribution >= 0.6 is 23.2 Å². The summed E-state index contributed by atoms with van der Waals surface area (Å²) in [4.78, 5) is 12.3. The third-order valence-electron chi connectivity index (χ3n) is 4.35. The molecule has 4 aromatic rings. The molecule has 144 valence electrons. The molecule has 1 aromatic heterocycles. The summed E-state index contributed by atoms with van der Waals surface area (Å²) in [5, 5.41) is 23.5. The van der Waals surface area contributed by atoms with E-state index in [1.807, 2.05) is 30.3 Å². The topological polar surface area (TPSA) is 90.4 Å². The molecule has 0 fully saturated rings. The van der Waals surface area contributed by atoms with Gasteiger partial charge in [0, 0.05) is 11.1 Å². The van der Waals surface area contributed by atoms with Gasteiger partial charge in [-0.25, -0.2) is 5.43 Å². The molecule has 0 aliphatic heterocycles. The largest absolute Gasteiger partial charge is 0.507 e. The maximum Gasteiger partial charge on any atom is 0.289 e. The number of amides is 1. The highest BCUT2D eigenvalue weighted by atomic mass is 35.5. The zero-order chi connectivity index (χ0) is 20.4. The Morgan fingerprint density at radius 2 is 1.90 bits per heavy atom. The summed E-state index contributed by atoms with van der Waals surface area (Å²) in [5.41, 5.74) is 4.44. The number of phenolic OH excluding ortho intramolecular Hbond substituents is 1. The van der Waals surface area contributed by atoms with Gasteiger partial charge in [0.2, 0.25) is 0 Å². The highest BCUT2D eigenvalue weighted by molar-refractivity contribution is 6.42. The lowest BCUT2D eigenvalue weighted by Crippen LogP contribution is -2.18. The number of nitrogens with one attached hydrogen (secondary N) is 2. The number of hydrazone groups is 1. The third-order valence-corrected chi connectivity index (χ3v) is 5.08. The minimum absolute atomic E-state index is 0.0742. The number of carbonyl (C=O) groups excluding carboxylic acids is 1. The average Bonchev–Trinajstić information content (AvgIpc) is 3.22. The van der Waals surface area contributed by atoms with E-state index < -0.39 is 5.91 Å². The predicted octanol–water partition coefficient (Wildman–Crippen LogP) is 5.01. The number of aromatic hydroxyl groups is 1. The Kier molecular flexibility index (Phi) is 5.20. The Morgan fingerprint density at radius 1 is 1.07 bits per heavy atom. The number of H-pyrrole nitrogens is 1. The maximum absolute atomic E-state index is 12.3. The molecule has 0 spiro atoms. The number of halogens is 2. The number of hydrogen-bond acceptors (Lipinski definition) is 4. The number of rotatable bonds is 4. The van der Waals surface area contributed by atoms with Crippen molar-refractivity contribution in [3.05, 3.63) is 82.0 Å². The van der Waals surface area contributed by atoms with E-state index in [0.29, 0.717) is 21.3 Å². The van der Waals surface area contributed by atoms with Gasteiger partial charge in [0.25, 0.3) is 5.91 Å². The van der Waals surface area contributed by atoms with Crippen LogP contribution in [0.15, 0.2) is 65.8 Å². The average molecular weight is 425 g/mol. The van der Waals surface area contributed by atoms with Crippen molar-refractivity contribution in [2.75, 3.05) is 0 Å². The summed E-state index contributed by atoms with van der Waals surface area (Å²) in [6, 6.07) is 17.7. The summed E-state index contributed by atoms with van der Waals surface area (Å²) >= 11 is 11.9. The number of aromatic amines is 1. The van der Waals surface area contributed by atoms with Gasteiger partial charge in [0.05, 0.1) is 22.0 Å². The van der Waals surface area contributed by atoms with Gasteiger partial charge in [-0.2, -0.15) is 10.2 Å². The fourth-order valence-corrected chi connectivity index (χ4v) is 3.17. The second-order valence-electron chi connectivity index (χ2n) is 6.21. The number of nitrogens with zero attached hydrogens (tertiary/aromatic N) is 2. The molecule has 1 amide bonds. The van der Waals surface area contributed by atoms with Gasteiger partial charge in [-0.1, -0.05) is 59.6 Å².